The van der Waals surface area contributed by atoms with Crippen molar-refractivity contribution in [3.8, 4) is 11.5 Å². The van der Waals surface area contributed by atoms with E-state index in [1.165, 1.54) is 0 Å². The fraction of sp³-hybridized carbons (Fsp3) is 0.286. The van der Waals surface area contributed by atoms with Crippen molar-refractivity contribution in [3.05, 3.63) is 59.2 Å². The molecule has 0 radical (unpaired) electrons. The molecular weight excluding hydrogens is 348 g/mol. The molecule has 0 saturated carbocycles. The number of carbonyl (C=O) groups excluding carboxylic acids is 3. The van der Waals surface area contributed by atoms with Crippen LogP contribution in [0.3, 0.4) is 0 Å². The molecule has 0 saturated heterocycles. The predicted molar refractivity (Wildman–Crippen MR) is 97.2 cm³/mol. The summed E-state index contributed by atoms with van der Waals surface area (Å²) in [7, 11) is 1.59. The average molecular weight is 368 g/mol. The number of Topliss-reactive ketones (excluding diaryl/α,β-unsaturated/α-hetero) is 2. The number of hydrogen-bond donors (Lipinski definition) is 0. The summed E-state index contributed by atoms with van der Waals surface area (Å²) in [6.45, 7) is 2.04. The van der Waals surface area contributed by atoms with Crippen LogP contribution < -0.4 is 9.47 Å². The van der Waals surface area contributed by atoms with Crippen molar-refractivity contribution in [1.82, 2.24) is 0 Å². The third-order valence-electron chi connectivity index (χ3n) is 4.27. The van der Waals surface area contributed by atoms with Crippen LogP contribution in [0.15, 0.2) is 42.5 Å². The van der Waals surface area contributed by atoms with Gasteiger partial charge in [0, 0.05) is 12.0 Å². The monoisotopic (exact) mass is 368 g/mol. The zero-order chi connectivity index (χ0) is 19.4. The summed E-state index contributed by atoms with van der Waals surface area (Å²) in [5.41, 5.74) is 1.28. The zero-order valence-electron chi connectivity index (χ0n) is 15.2. The van der Waals surface area contributed by atoms with E-state index < -0.39 is 23.6 Å². The Hall–Kier alpha value is -3.15. The largest absolute Gasteiger partial charge is 0.497 e. The van der Waals surface area contributed by atoms with Gasteiger partial charge in [-0.15, -0.1) is 0 Å². The van der Waals surface area contributed by atoms with Crippen molar-refractivity contribution >= 4 is 17.5 Å². The first-order chi connectivity index (χ1) is 13.0. The molecule has 0 aromatic heterocycles. The van der Waals surface area contributed by atoms with Crippen molar-refractivity contribution in [3.63, 3.8) is 0 Å². The molecule has 2 aromatic carbocycles. The van der Waals surface area contributed by atoms with Gasteiger partial charge in [0.05, 0.1) is 12.7 Å². The van der Waals surface area contributed by atoms with Crippen LogP contribution in [0.25, 0.3) is 0 Å². The van der Waals surface area contributed by atoms with Crippen LogP contribution in [0.2, 0.25) is 0 Å². The summed E-state index contributed by atoms with van der Waals surface area (Å²) in [4.78, 5) is 36.9. The Morgan fingerprint density at radius 1 is 1.04 bits per heavy atom. The SMILES string of the molecule is CCCC(=O)OC1C(=O)c2cccc(OCc3ccc(OC)cc3)c2C1=O. The van der Waals surface area contributed by atoms with Gasteiger partial charge < -0.3 is 14.2 Å². The molecule has 27 heavy (non-hydrogen) atoms. The van der Waals surface area contributed by atoms with Crippen LogP contribution in [0.1, 0.15) is 46.0 Å². The van der Waals surface area contributed by atoms with Crippen LogP contribution >= 0.6 is 0 Å². The minimum absolute atomic E-state index is 0.161. The summed E-state index contributed by atoms with van der Waals surface area (Å²) >= 11 is 0. The lowest BCUT2D eigenvalue weighted by molar-refractivity contribution is -0.145. The van der Waals surface area contributed by atoms with Gasteiger partial charge in [-0.05, 0) is 30.2 Å². The molecule has 0 heterocycles. The third-order valence-corrected chi connectivity index (χ3v) is 4.27. The summed E-state index contributed by atoms with van der Waals surface area (Å²) in [6, 6.07) is 12.1. The Bertz CT molecular complexity index is 869. The second kappa shape index (κ2) is 8.03. The maximum atomic E-state index is 12.7. The summed E-state index contributed by atoms with van der Waals surface area (Å²) < 4.78 is 16.0. The lowest BCUT2D eigenvalue weighted by Crippen LogP contribution is -2.28. The molecule has 2 aromatic rings. The first-order valence-corrected chi connectivity index (χ1v) is 8.71. The molecule has 140 valence electrons. The van der Waals surface area contributed by atoms with Crippen molar-refractivity contribution < 1.29 is 28.6 Å². The molecule has 1 atom stereocenters. The Kier molecular flexibility index (Phi) is 5.54. The Balaban J connectivity index is 1.78. The normalized spacial score (nSPS) is 15.4. The molecule has 0 fully saturated rings. The molecule has 6 nitrogen and oxygen atoms in total. The quantitative estimate of drug-likeness (QED) is 0.551. The van der Waals surface area contributed by atoms with Gasteiger partial charge in [0.15, 0.2) is 0 Å². The first kappa shape index (κ1) is 18.6. The van der Waals surface area contributed by atoms with E-state index in [2.05, 4.69) is 0 Å². The highest BCUT2D eigenvalue weighted by atomic mass is 16.6. The number of carbonyl (C=O) groups is 3. The van der Waals surface area contributed by atoms with E-state index >= 15 is 0 Å². The van der Waals surface area contributed by atoms with E-state index in [1.54, 1.807) is 25.3 Å². The van der Waals surface area contributed by atoms with E-state index in [1.807, 2.05) is 31.2 Å². The fourth-order valence-electron chi connectivity index (χ4n) is 2.89. The average Bonchev–Trinajstić information content (AvgIpc) is 2.92. The van der Waals surface area contributed by atoms with E-state index in [9.17, 15) is 14.4 Å². The maximum absolute atomic E-state index is 12.7. The number of hydrogen-bond acceptors (Lipinski definition) is 6. The second-order valence-electron chi connectivity index (χ2n) is 6.16. The van der Waals surface area contributed by atoms with Crippen molar-refractivity contribution in [2.45, 2.75) is 32.5 Å². The van der Waals surface area contributed by atoms with Crippen molar-refractivity contribution in [1.29, 1.82) is 0 Å². The first-order valence-electron chi connectivity index (χ1n) is 8.71. The standard InChI is InChI=1S/C21H20O6/c1-3-5-17(22)27-21-19(23)15-6-4-7-16(18(15)20(21)24)26-12-13-8-10-14(25-2)11-9-13/h4,6-11,21H,3,5,12H2,1-2H3. The number of esters is 1. The van der Waals surface area contributed by atoms with Gasteiger partial charge in [0.1, 0.15) is 18.1 Å². The summed E-state index contributed by atoms with van der Waals surface area (Å²) in [5.74, 6) is -0.565. The number of methoxy groups -OCH3 is 1. The van der Waals surface area contributed by atoms with Gasteiger partial charge in [-0.2, -0.15) is 0 Å². The summed E-state index contributed by atoms with van der Waals surface area (Å²) in [5, 5.41) is 0. The highest BCUT2D eigenvalue weighted by Gasteiger charge is 2.43. The lowest BCUT2D eigenvalue weighted by Gasteiger charge is -2.11. The van der Waals surface area contributed by atoms with E-state index in [0.717, 1.165) is 11.3 Å². The van der Waals surface area contributed by atoms with Gasteiger partial charge in [-0.1, -0.05) is 31.2 Å². The van der Waals surface area contributed by atoms with Crippen LogP contribution in [-0.4, -0.2) is 30.7 Å². The molecule has 6 heteroatoms. The Labute approximate surface area is 157 Å². The molecule has 3 rings (SSSR count). The molecule has 0 aliphatic heterocycles. The summed E-state index contributed by atoms with van der Waals surface area (Å²) in [6.07, 6.45) is -0.671. The zero-order valence-corrected chi connectivity index (χ0v) is 15.2. The Morgan fingerprint density at radius 2 is 1.78 bits per heavy atom. The second-order valence-corrected chi connectivity index (χ2v) is 6.16. The van der Waals surface area contributed by atoms with Crippen LogP contribution in [0, 0.1) is 0 Å². The van der Waals surface area contributed by atoms with Crippen molar-refractivity contribution in [2.75, 3.05) is 7.11 Å². The number of benzene rings is 2. The fourth-order valence-corrected chi connectivity index (χ4v) is 2.89. The molecular formula is C21H20O6. The lowest BCUT2D eigenvalue weighted by atomic mass is 10.1. The van der Waals surface area contributed by atoms with Crippen LogP contribution in [-0.2, 0) is 16.1 Å². The van der Waals surface area contributed by atoms with Gasteiger partial charge in [-0.25, -0.2) is 0 Å². The molecule has 0 spiro atoms. The van der Waals surface area contributed by atoms with Crippen LogP contribution in [0.4, 0.5) is 0 Å². The van der Waals surface area contributed by atoms with Gasteiger partial charge in [0.25, 0.3) is 0 Å². The van der Waals surface area contributed by atoms with Gasteiger partial charge >= 0.3 is 5.97 Å². The minimum Gasteiger partial charge on any atom is -0.497 e. The van der Waals surface area contributed by atoms with Gasteiger partial charge in [-0.3, -0.25) is 14.4 Å². The third kappa shape index (κ3) is 3.84. The van der Waals surface area contributed by atoms with Crippen LogP contribution in [0.5, 0.6) is 11.5 Å². The van der Waals surface area contributed by atoms with E-state index in [4.69, 9.17) is 14.2 Å². The van der Waals surface area contributed by atoms with Gasteiger partial charge in [0.2, 0.25) is 17.7 Å². The number of rotatable bonds is 7. The maximum Gasteiger partial charge on any atom is 0.306 e. The predicted octanol–water partition coefficient (Wildman–Crippen LogP) is 3.37. The molecule has 1 aliphatic carbocycles. The van der Waals surface area contributed by atoms with Crippen molar-refractivity contribution in [2.24, 2.45) is 0 Å². The molecule has 0 amide bonds. The van der Waals surface area contributed by atoms with E-state index in [0.29, 0.717) is 12.2 Å². The number of fused-ring (bicyclic) bond motifs is 1. The smallest absolute Gasteiger partial charge is 0.306 e. The molecule has 1 aliphatic rings. The minimum atomic E-state index is -1.41. The highest BCUT2D eigenvalue weighted by Crippen LogP contribution is 2.33. The van der Waals surface area contributed by atoms with E-state index in [-0.39, 0.29) is 24.2 Å². The molecule has 0 bridgehead atoms. The number of ether oxygens (including phenoxy) is 3. The molecule has 0 N–H and O–H groups in total. The number of ketones is 2. The topological polar surface area (TPSA) is 78.9 Å². The Morgan fingerprint density at radius 3 is 2.44 bits per heavy atom. The highest BCUT2D eigenvalue weighted by molar-refractivity contribution is 6.30. The molecule has 1 unspecified atom stereocenters.